The summed E-state index contributed by atoms with van der Waals surface area (Å²) in [5.41, 5.74) is 1.43. The van der Waals surface area contributed by atoms with E-state index in [0.717, 1.165) is 28.8 Å². The molecule has 4 rings (SSSR count). The summed E-state index contributed by atoms with van der Waals surface area (Å²) < 4.78 is 99.7. The van der Waals surface area contributed by atoms with E-state index in [1.165, 1.54) is 13.4 Å². The van der Waals surface area contributed by atoms with Gasteiger partial charge < -0.3 is 24.8 Å². The van der Waals surface area contributed by atoms with Gasteiger partial charge in [-0.05, 0) is 66.7 Å². The number of ether oxygens (including phenoxy) is 1. The molecule has 1 aliphatic rings. The quantitative estimate of drug-likeness (QED) is 0.196. The first-order valence-electron chi connectivity index (χ1n) is 13.0. The number of hydrogen-bond acceptors (Lipinski definition) is 7. The minimum absolute atomic E-state index is 0.0671. The molecule has 3 aromatic rings. The minimum Gasteiger partial charge on any atom is -0.495 e. The summed E-state index contributed by atoms with van der Waals surface area (Å²) in [4.78, 5) is 1.41. The van der Waals surface area contributed by atoms with Crippen molar-refractivity contribution in [1.82, 2.24) is 14.8 Å². The zero-order valence-corrected chi connectivity index (χ0v) is 24.8. The molecule has 0 radical (unpaired) electrons. The van der Waals surface area contributed by atoms with Gasteiger partial charge in [-0.2, -0.15) is 13.2 Å². The number of nitrogens with one attached hydrogen (secondary N) is 2. The van der Waals surface area contributed by atoms with Gasteiger partial charge in [-0.25, -0.2) is 17.2 Å². The number of anilines is 1. The number of nitrogens with zero attached hydrogens (tertiary/aromatic N) is 2. The molecule has 0 aliphatic carbocycles. The third-order valence-electron chi connectivity index (χ3n) is 6.94. The second kappa shape index (κ2) is 13.1. The number of likely N-dealkylation sites (tertiary alicyclic amines) is 1. The Balaban J connectivity index is 1.54. The molecule has 0 saturated carbocycles. The lowest BCUT2D eigenvalue weighted by Gasteiger charge is -2.32. The van der Waals surface area contributed by atoms with Gasteiger partial charge in [0.25, 0.3) is 0 Å². The van der Waals surface area contributed by atoms with Crippen molar-refractivity contribution < 1.29 is 35.1 Å². The number of rotatable bonds is 9. The van der Waals surface area contributed by atoms with Crippen LogP contribution in [-0.4, -0.2) is 76.3 Å². The second-order valence-corrected chi connectivity index (χ2v) is 13.9. The summed E-state index contributed by atoms with van der Waals surface area (Å²) in [7, 11) is -0.250. The topological polar surface area (TPSA) is 75.6 Å². The van der Waals surface area contributed by atoms with E-state index in [9.17, 15) is 30.4 Å². The van der Waals surface area contributed by atoms with Crippen molar-refractivity contribution in [3.63, 3.8) is 0 Å². The van der Waals surface area contributed by atoms with Crippen molar-refractivity contribution in [3.05, 3.63) is 53.5 Å². The molecule has 2 N–H and O–H groups in total. The highest BCUT2D eigenvalue weighted by atomic mass is 33.1. The molecule has 14 heteroatoms. The number of aromatic nitrogens is 1. The van der Waals surface area contributed by atoms with Crippen LogP contribution in [0.1, 0.15) is 17.7 Å². The fraction of sp³-hybridized carbons (Fsp3) is 0.429. The van der Waals surface area contributed by atoms with Gasteiger partial charge in [0.15, 0.2) is 0 Å². The van der Waals surface area contributed by atoms with Crippen molar-refractivity contribution >= 4 is 36.3 Å². The van der Waals surface area contributed by atoms with Crippen LogP contribution in [-0.2, 0) is 22.0 Å². The van der Waals surface area contributed by atoms with Gasteiger partial charge in [-0.3, -0.25) is 0 Å². The molecule has 1 fully saturated rings. The summed E-state index contributed by atoms with van der Waals surface area (Å²) in [6, 6.07) is 8.37. The lowest BCUT2D eigenvalue weighted by Crippen LogP contribution is -2.49. The van der Waals surface area contributed by atoms with E-state index in [2.05, 4.69) is 22.5 Å². The van der Waals surface area contributed by atoms with Crippen molar-refractivity contribution in [3.8, 4) is 17.6 Å². The molecule has 2 aromatic carbocycles. The van der Waals surface area contributed by atoms with E-state index in [4.69, 9.17) is 4.74 Å². The van der Waals surface area contributed by atoms with E-state index in [-0.39, 0.29) is 29.7 Å². The molecular weight excluding hydrogens is 599 g/mol. The van der Waals surface area contributed by atoms with Crippen molar-refractivity contribution in [2.45, 2.75) is 42.8 Å². The van der Waals surface area contributed by atoms with Crippen LogP contribution in [0.3, 0.4) is 0 Å². The average molecular weight is 631 g/mol. The zero-order chi connectivity index (χ0) is 30.7. The molecule has 0 spiro atoms. The van der Waals surface area contributed by atoms with E-state index in [1.54, 1.807) is 24.3 Å². The number of hydrogen-bond donors (Lipinski definition) is 2. The summed E-state index contributed by atoms with van der Waals surface area (Å²) in [6.07, 6.45) is -3.52. The maximum atomic E-state index is 14.5. The fourth-order valence-electron chi connectivity index (χ4n) is 4.82. The number of halogens is 5. The number of alkyl halides is 4. The number of benzene rings is 2. The molecule has 228 valence electrons. The molecular formula is C28H31F5N4O3S2. The average Bonchev–Trinajstić information content (AvgIpc) is 3.25. The Hall–Kier alpha value is -2.99. The second-order valence-electron chi connectivity index (χ2n) is 9.94. The first-order chi connectivity index (χ1) is 19.8. The smallest absolute Gasteiger partial charge is 0.406 e. The third-order valence-corrected chi connectivity index (χ3v) is 10.1. The lowest BCUT2D eigenvalue weighted by molar-refractivity contribution is -0.140. The van der Waals surface area contributed by atoms with E-state index in [0.29, 0.717) is 41.2 Å². The first-order valence-corrected chi connectivity index (χ1v) is 16.2. The number of fused-ring (bicyclic) bond motifs is 1. The Morgan fingerprint density at radius 2 is 1.95 bits per heavy atom. The summed E-state index contributed by atoms with van der Waals surface area (Å²) in [5.74, 6) is 4.59. The standard InChI is InChI=1S/C28H31F5N4O3S2/c1-36-10-8-23(22(30)16-36)35-15-18-6-7-25-19(11-18)12-20(37(25)17-28(31,32)33)5-4-9-34-24-13-21(29)27(14-26(24)40-2)42(38,39)41-3/h6-7,11-14,22-23,34-35H,8-10,15-17H2,1-3H3. The van der Waals surface area contributed by atoms with Crippen molar-refractivity contribution in [2.24, 2.45) is 0 Å². The molecule has 1 aliphatic heterocycles. The zero-order valence-electron chi connectivity index (χ0n) is 23.2. The van der Waals surface area contributed by atoms with Gasteiger partial charge in [0.05, 0.1) is 25.0 Å². The molecule has 42 heavy (non-hydrogen) atoms. The minimum atomic E-state index is -4.49. The highest BCUT2D eigenvalue weighted by Crippen LogP contribution is 2.33. The van der Waals surface area contributed by atoms with Crippen molar-refractivity contribution in [1.29, 1.82) is 0 Å². The number of methoxy groups -OCH3 is 1. The SMILES string of the molecule is COc1cc(S(=O)(=O)SC)c(F)cc1NCC#Cc1cc2cc(CNC3CCN(C)CC3F)ccc2n1CC(F)(F)F. The summed E-state index contributed by atoms with van der Waals surface area (Å²) in [6.45, 7) is 0.167. The molecule has 0 bridgehead atoms. The van der Waals surface area contributed by atoms with Gasteiger partial charge in [0.2, 0.25) is 8.87 Å². The van der Waals surface area contributed by atoms with Crippen LogP contribution in [0.15, 0.2) is 41.3 Å². The van der Waals surface area contributed by atoms with Crippen LogP contribution < -0.4 is 15.4 Å². The van der Waals surface area contributed by atoms with E-state index in [1.807, 2.05) is 11.9 Å². The largest absolute Gasteiger partial charge is 0.495 e. The molecule has 2 unspecified atom stereocenters. The summed E-state index contributed by atoms with van der Waals surface area (Å²) >= 11 is 0. The number of piperidine rings is 1. The lowest BCUT2D eigenvalue weighted by atomic mass is 10.0. The molecule has 1 saturated heterocycles. The normalized spacial score (nSPS) is 18.1. The third kappa shape index (κ3) is 7.69. The maximum Gasteiger partial charge on any atom is 0.406 e. The van der Waals surface area contributed by atoms with Gasteiger partial charge in [-0.1, -0.05) is 12.0 Å². The van der Waals surface area contributed by atoms with Gasteiger partial charge in [0, 0.05) is 42.2 Å². The van der Waals surface area contributed by atoms with E-state index >= 15 is 0 Å². The van der Waals surface area contributed by atoms with Crippen LogP contribution in [0, 0.1) is 17.7 Å². The molecule has 2 heterocycles. The first kappa shape index (κ1) is 31.9. The fourth-order valence-corrected chi connectivity index (χ4v) is 6.47. The van der Waals surface area contributed by atoms with Crippen LogP contribution in [0.5, 0.6) is 5.75 Å². The van der Waals surface area contributed by atoms with Gasteiger partial charge >= 0.3 is 6.18 Å². The Morgan fingerprint density at radius 3 is 2.62 bits per heavy atom. The maximum absolute atomic E-state index is 14.5. The predicted molar refractivity (Wildman–Crippen MR) is 155 cm³/mol. The van der Waals surface area contributed by atoms with Crippen LogP contribution in [0.25, 0.3) is 10.9 Å². The highest BCUT2D eigenvalue weighted by molar-refractivity contribution is 8.71. The Bertz CT molecular complexity index is 1600. The molecule has 7 nitrogen and oxygen atoms in total. The Kier molecular flexibility index (Phi) is 9.97. The Labute approximate surface area is 245 Å². The van der Waals surface area contributed by atoms with Gasteiger partial charge in [-0.15, -0.1) is 0 Å². The van der Waals surface area contributed by atoms with Crippen LogP contribution >= 0.6 is 10.8 Å². The molecule has 1 aromatic heterocycles. The summed E-state index contributed by atoms with van der Waals surface area (Å²) in [5, 5.41) is 6.61. The predicted octanol–water partition coefficient (Wildman–Crippen LogP) is 5.00. The van der Waals surface area contributed by atoms with E-state index < -0.39 is 38.5 Å². The van der Waals surface area contributed by atoms with Crippen LogP contribution in [0.2, 0.25) is 0 Å². The molecule has 0 amide bonds. The monoisotopic (exact) mass is 630 g/mol. The van der Waals surface area contributed by atoms with Crippen molar-refractivity contribution in [2.75, 3.05) is 45.4 Å². The Morgan fingerprint density at radius 1 is 1.19 bits per heavy atom. The molecule has 2 atom stereocenters. The van der Waals surface area contributed by atoms with Crippen LogP contribution in [0.4, 0.5) is 27.6 Å². The van der Waals surface area contributed by atoms with Gasteiger partial charge in [0.1, 0.15) is 29.2 Å². The highest BCUT2D eigenvalue weighted by Gasteiger charge is 2.30.